The van der Waals surface area contributed by atoms with Gasteiger partial charge in [-0.15, -0.1) is 11.8 Å². The lowest BCUT2D eigenvalue weighted by Crippen LogP contribution is -2.26. The predicted octanol–water partition coefficient (Wildman–Crippen LogP) is 3.99. The Kier molecular flexibility index (Phi) is 7.05. The van der Waals surface area contributed by atoms with Crippen LogP contribution in [0.3, 0.4) is 0 Å². The van der Waals surface area contributed by atoms with Gasteiger partial charge in [-0.3, -0.25) is 0 Å². The van der Waals surface area contributed by atoms with Crippen LogP contribution in [0.15, 0.2) is 66.9 Å². The highest BCUT2D eigenvalue weighted by atomic mass is 32.2. The molecule has 6 nitrogen and oxygen atoms in total. The molecule has 4 rings (SSSR count). The van der Waals surface area contributed by atoms with Crippen molar-refractivity contribution in [2.45, 2.75) is 12.5 Å². The highest BCUT2D eigenvalue weighted by molar-refractivity contribution is 7.99. The number of nitrogens with one attached hydrogen (secondary N) is 1. The van der Waals surface area contributed by atoms with Crippen LogP contribution in [-0.2, 0) is 6.42 Å². The Balaban J connectivity index is 1.25. The molecule has 30 heavy (non-hydrogen) atoms. The molecule has 1 N–H and O–H groups in total. The minimum atomic E-state index is 0.518. The minimum Gasteiger partial charge on any atom is -0.492 e. The summed E-state index contributed by atoms with van der Waals surface area (Å²) in [6, 6.07) is 20.3. The fraction of sp³-hybridized carbons (Fsp3) is 0.304. The van der Waals surface area contributed by atoms with Crippen LogP contribution in [0.4, 0.5) is 5.95 Å². The maximum atomic E-state index is 5.90. The number of nitrogens with zero attached hydrogens (tertiary/aromatic N) is 3. The zero-order valence-electron chi connectivity index (χ0n) is 17.0. The van der Waals surface area contributed by atoms with E-state index in [4.69, 9.17) is 9.47 Å². The normalized spacial score (nSPS) is 15.7. The number of aromatic nitrogens is 2. The van der Waals surface area contributed by atoms with Gasteiger partial charge in [-0.25, -0.2) is 4.98 Å². The van der Waals surface area contributed by atoms with Crippen molar-refractivity contribution in [3.05, 3.63) is 72.4 Å². The molecule has 0 amide bonds. The van der Waals surface area contributed by atoms with Crippen molar-refractivity contribution in [2.75, 3.05) is 36.7 Å². The molecule has 7 heteroatoms. The molecule has 156 valence electrons. The van der Waals surface area contributed by atoms with Gasteiger partial charge in [-0.05, 0) is 36.2 Å². The second-order valence-electron chi connectivity index (χ2n) is 7.14. The van der Waals surface area contributed by atoms with E-state index in [1.807, 2.05) is 66.2 Å². The van der Waals surface area contributed by atoms with Gasteiger partial charge in [0.1, 0.15) is 18.1 Å². The molecule has 1 aliphatic rings. The summed E-state index contributed by atoms with van der Waals surface area (Å²) in [5, 5.41) is 3.50. The third kappa shape index (κ3) is 5.87. The molecule has 3 aromatic rings. The van der Waals surface area contributed by atoms with Crippen molar-refractivity contribution in [1.29, 1.82) is 0 Å². The molecule has 1 unspecified atom stereocenters. The molecule has 0 aliphatic carbocycles. The van der Waals surface area contributed by atoms with Crippen LogP contribution >= 0.6 is 11.8 Å². The summed E-state index contributed by atoms with van der Waals surface area (Å²) >= 11 is 1.96. The van der Waals surface area contributed by atoms with Gasteiger partial charge in [0.15, 0.2) is 0 Å². The standard InChI is InChI=1S/C23H26N4O2S/c1-27(23-24-12-11-22(26-23)29-21-5-3-2-4-6-21)13-14-28-20-9-7-18(8-10-20)15-19-16-30-17-25-19/h2-12,19,25H,13-17H2,1H3. The second-order valence-corrected chi connectivity index (χ2v) is 8.17. The number of likely N-dealkylation sites (N-methyl/N-ethyl adjacent to an activating group) is 1. The SMILES string of the molecule is CN(CCOc1ccc(CC2CSCN2)cc1)c1nccc(Oc2ccccc2)n1. The predicted molar refractivity (Wildman–Crippen MR) is 122 cm³/mol. The van der Waals surface area contributed by atoms with Crippen molar-refractivity contribution >= 4 is 17.7 Å². The largest absolute Gasteiger partial charge is 0.492 e. The Bertz CT molecular complexity index is 918. The summed E-state index contributed by atoms with van der Waals surface area (Å²) in [7, 11) is 1.95. The molecule has 1 atom stereocenters. The van der Waals surface area contributed by atoms with Crippen LogP contribution in [0.1, 0.15) is 5.56 Å². The first kappa shape index (κ1) is 20.5. The van der Waals surface area contributed by atoms with E-state index in [2.05, 4.69) is 27.4 Å². The van der Waals surface area contributed by atoms with Crippen molar-refractivity contribution in [3.63, 3.8) is 0 Å². The second kappa shape index (κ2) is 10.3. The average Bonchev–Trinajstić information content (AvgIpc) is 3.29. The zero-order valence-corrected chi connectivity index (χ0v) is 17.8. The number of anilines is 1. The molecule has 1 aromatic heterocycles. The molecule has 0 saturated carbocycles. The maximum Gasteiger partial charge on any atom is 0.228 e. The van der Waals surface area contributed by atoms with Gasteiger partial charge in [-0.2, -0.15) is 4.98 Å². The van der Waals surface area contributed by atoms with Gasteiger partial charge in [0.05, 0.1) is 6.54 Å². The molecule has 0 bridgehead atoms. The Morgan fingerprint density at radius 2 is 1.90 bits per heavy atom. The van der Waals surface area contributed by atoms with Crippen LogP contribution in [0.5, 0.6) is 17.4 Å². The Hall–Kier alpha value is -2.77. The molecule has 2 heterocycles. The van der Waals surface area contributed by atoms with Gasteiger partial charge in [0.2, 0.25) is 11.8 Å². The first-order chi connectivity index (χ1) is 14.8. The first-order valence-electron chi connectivity index (χ1n) is 10.1. The molecule has 0 spiro atoms. The topological polar surface area (TPSA) is 59.5 Å². The van der Waals surface area contributed by atoms with E-state index in [1.165, 1.54) is 11.3 Å². The van der Waals surface area contributed by atoms with Gasteiger partial charge in [0.25, 0.3) is 0 Å². The van der Waals surface area contributed by atoms with E-state index in [9.17, 15) is 0 Å². The van der Waals surface area contributed by atoms with E-state index in [-0.39, 0.29) is 0 Å². The van der Waals surface area contributed by atoms with Crippen LogP contribution in [-0.4, -0.2) is 47.8 Å². The highest BCUT2D eigenvalue weighted by Gasteiger charge is 2.14. The smallest absolute Gasteiger partial charge is 0.228 e. The van der Waals surface area contributed by atoms with E-state index in [0.29, 0.717) is 31.0 Å². The van der Waals surface area contributed by atoms with E-state index >= 15 is 0 Å². The Morgan fingerprint density at radius 1 is 1.07 bits per heavy atom. The summed E-state index contributed by atoms with van der Waals surface area (Å²) in [5.41, 5.74) is 1.34. The number of hydrogen-bond donors (Lipinski definition) is 1. The van der Waals surface area contributed by atoms with Crippen LogP contribution < -0.4 is 19.7 Å². The number of benzene rings is 2. The molecular weight excluding hydrogens is 396 g/mol. The lowest BCUT2D eigenvalue weighted by Gasteiger charge is -2.18. The average molecular weight is 423 g/mol. The summed E-state index contributed by atoms with van der Waals surface area (Å²) in [6.45, 7) is 1.21. The molecule has 1 aliphatic heterocycles. The van der Waals surface area contributed by atoms with Crippen LogP contribution in [0.2, 0.25) is 0 Å². The Morgan fingerprint density at radius 3 is 2.67 bits per heavy atom. The van der Waals surface area contributed by atoms with E-state index in [0.717, 1.165) is 23.8 Å². The fourth-order valence-corrected chi connectivity index (χ4v) is 4.15. The van der Waals surface area contributed by atoms with Crippen molar-refractivity contribution < 1.29 is 9.47 Å². The summed E-state index contributed by atoms with van der Waals surface area (Å²) < 4.78 is 11.7. The third-order valence-corrected chi connectivity index (χ3v) is 5.83. The number of para-hydroxylation sites is 1. The van der Waals surface area contributed by atoms with Gasteiger partial charge in [0, 0.05) is 37.0 Å². The quantitative estimate of drug-likeness (QED) is 0.559. The van der Waals surface area contributed by atoms with Crippen molar-refractivity contribution in [2.24, 2.45) is 0 Å². The van der Waals surface area contributed by atoms with Crippen molar-refractivity contribution in [3.8, 4) is 17.4 Å². The van der Waals surface area contributed by atoms with Gasteiger partial charge in [-0.1, -0.05) is 30.3 Å². The zero-order chi connectivity index (χ0) is 20.6. The molecular formula is C23H26N4O2S. The fourth-order valence-electron chi connectivity index (χ4n) is 3.16. The lowest BCUT2D eigenvalue weighted by atomic mass is 10.1. The lowest BCUT2D eigenvalue weighted by molar-refractivity contribution is 0.325. The minimum absolute atomic E-state index is 0.518. The molecule has 1 saturated heterocycles. The molecule has 1 fully saturated rings. The van der Waals surface area contributed by atoms with Gasteiger partial charge < -0.3 is 19.7 Å². The number of rotatable bonds is 9. The summed E-state index contributed by atoms with van der Waals surface area (Å²) in [5.74, 6) is 4.99. The highest BCUT2D eigenvalue weighted by Crippen LogP contribution is 2.20. The van der Waals surface area contributed by atoms with E-state index in [1.54, 1.807) is 12.3 Å². The summed E-state index contributed by atoms with van der Waals surface area (Å²) in [4.78, 5) is 10.8. The number of ether oxygens (including phenoxy) is 2. The Labute approximate surface area is 181 Å². The third-order valence-electron chi connectivity index (χ3n) is 4.82. The number of hydrogen-bond acceptors (Lipinski definition) is 7. The number of thioether (sulfide) groups is 1. The molecule has 0 radical (unpaired) electrons. The van der Waals surface area contributed by atoms with Gasteiger partial charge >= 0.3 is 0 Å². The molecule has 2 aromatic carbocycles. The van der Waals surface area contributed by atoms with Crippen LogP contribution in [0.25, 0.3) is 0 Å². The van der Waals surface area contributed by atoms with Crippen molar-refractivity contribution in [1.82, 2.24) is 15.3 Å². The monoisotopic (exact) mass is 422 g/mol. The first-order valence-corrected chi connectivity index (χ1v) is 11.2. The van der Waals surface area contributed by atoms with Crippen LogP contribution in [0, 0.1) is 0 Å². The maximum absolute atomic E-state index is 5.90. The summed E-state index contributed by atoms with van der Waals surface area (Å²) in [6.07, 6.45) is 2.77. The van der Waals surface area contributed by atoms with E-state index < -0.39 is 0 Å².